The summed E-state index contributed by atoms with van der Waals surface area (Å²) in [7, 11) is 1.99. The Balaban J connectivity index is 2.45. The minimum atomic E-state index is -0.401. The maximum absolute atomic E-state index is 12.0. The van der Waals surface area contributed by atoms with Crippen molar-refractivity contribution >= 4 is 6.09 Å². The van der Waals surface area contributed by atoms with Gasteiger partial charge in [-0.3, -0.25) is 0 Å². The van der Waals surface area contributed by atoms with Crippen LogP contribution in [0, 0.1) is 5.92 Å². The number of likely N-dealkylation sites (tertiary alicyclic amines) is 1. The van der Waals surface area contributed by atoms with Crippen molar-refractivity contribution in [2.75, 3.05) is 20.1 Å². The molecular formula is C14H28N2O2. The number of carbonyl (C=O) groups excluding carboxylic acids is 1. The van der Waals surface area contributed by atoms with E-state index in [1.807, 2.05) is 32.7 Å². The molecule has 0 aromatic carbocycles. The molecule has 0 bridgehead atoms. The number of ether oxygens (including phenoxy) is 1. The lowest BCUT2D eigenvalue weighted by molar-refractivity contribution is 0.0157. The Morgan fingerprint density at radius 1 is 1.50 bits per heavy atom. The third-order valence-corrected chi connectivity index (χ3v) is 3.35. The van der Waals surface area contributed by atoms with Crippen molar-refractivity contribution in [3.8, 4) is 0 Å². The van der Waals surface area contributed by atoms with Gasteiger partial charge >= 0.3 is 6.09 Å². The van der Waals surface area contributed by atoms with E-state index < -0.39 is 5.60 Å². The molecular weight excluding hydrogens is 228 g/mol. The van der Waals surface area contributed by atoms with E-state index >= 15 is 0 Å². The van der Waals surface area contributed by atoms with Gasteiger partial charge in [0.2, 0.25) is 0 Å². The molecule has 1 saturated heterocycles. The molecule has 106 valence electrons. The average Bonchev–Trinajstić information content (AvgIpc) is 2.27. The van der Waals surface area contributed by atoms with Crippen LogP contribution in [-0.2, 0) is 4.74 Å². The highest BCUT2D eigenvalue weighted by molar-refractivity contribution is 5.68. The number of hydrogen-bond acceptors (Lipinski definition) is 3. The molecule has 2 atom stereocenters. The van der Waals surface area contributed by atoms with Crippen LogP contribution in [0.25, 0.3) is 0 Å². The Labute approximate surface area is 111 Å². The summed E-state index contributed by atoms with van der Waals surface area (Å²) in [6.45, 7) is 9.59. The summed E-state index contributed by atoms with van der Waals surface area (Å²) in [5.41, 5.74) is -0.401. The SMILES string of the molecule is CNC(C)CC1CCCN(C(=O)OC(C)(C)C)C1. The van der Waals surface area contributed by atoms with E-state index in [1.165, 1.54) is 6.42 Å². The normalized spacial score (nSPS) is 22.7. The van der Waals surface area contributed by atoms with Gasteiger partial charge in [0.05, 0.1) is 0 Å². The monoisotopic (exact) mass is 256 g/mol. The molecule has 0 radical (unpaired) electrons. The quantitative estimate of drug-likeness (QED) is 0.844. The second-order valence-electron chi connectivity index (χ2n) is 6.36. The van der Waals surface area contributed by atoms with Gasteiger partial charge < -0.3 is 15.0 Å². The summed E-state index contributed by atoms with van der Waals surface area (Å²) in [5, 5.41) is 3.26. The molecule has 4 heteroatoms. The first-order valence-corrected chi connectivity index (χ1v) is 6.97. The Morgan fingerprint density at radius 3 is 2.72 bits per heavy atom. The van der Waals surface area contributed by atoms with Gasteiger partial charge in [-0.15, -0.1) is 0 Å². The van der Waals surface area contributed by atoms with E-state index in [2.05, 4.69) is 12.2 Å². The van der Waals surface area contributed by atoms with Gasteiger partial charge in [0.1, 0.15) is 5.60 Å². The van der Waals surface area contributed by atoms with Crippen molar-refractivity contribution in [1.29, 1.82) is 0 Å². The van der Waals surface area contributed by atoms with Crippen molar-refractivity contribution in [1.82, 2.24) is 10.2 Å². The zero-order chi connectivity index (χ0) is 13.8. The molecule has 1 amide bonds. The van der Waals surface area contributed by atoms with Gasteiger partial charge in [0, 0.05) is 19.1 Å². The molecule has 0 aromatic rings. The van der Waals surface area contributed by atoms with Crippen LogP contribution >= 0.6 is 0 Å². The van der Waals surface area contributed by atoms with E-state index in [-0.39, 0.29) is 6.09 Å². The molecule has 18 heavy (non-hydrogen) atoms. The van der Waals surface area contributed by atoms with Gasteiger partial charge in [0.25, 0.3) is 0 Å². The third-order valence-electron chi connectivity index (χ3n) is 3.35. The first-order valence-electron chi connectivity index (χ1n) is 6.97. The van der Waals surface area contributed by atoms with Gasteiger partial charge in [0.15, 0.2) is 0 Å². The summed E-state index contributed by atoms with van der Waals surface area (Å²) in [5.74, 6) is 0.591. The summed E-state index contributed by atoms with van der Waals surface area (Å²) >= 11 is 0. The predicted octanol–water partition coefficient (Wildman–Crippen LogP) is 2.63. The highest BCUT2D eigenvalue weighted by Crippen LogP contribution is 2.22. The second-order valence-corrected chi connectivity index (χ2v) is 6.36. The maximum Gasteiger partial charge on any atom is 0.410 e. The fraction of sp³-hybridized carbons (Fsp3) is 0.929. The van der Waals surface area contributed by atoms with Crippen molar-refractivity contribution in [3.05, 3.63) is 0 Å². The number of nitrogens with zero attached hydrogens (tertiary/aromatic N) is 1. The average molecular weight is 256 g/mol. The molecule has 1 aliphatic rings. The third kappa shape index (κ3) is 5.25. The molecule has 4 nitrogen and oxygen atoms in total. The summed E-state index contributed by atoms with van der Waals surface area (Å²) in [6.07, 6.45) is 3.26. The Hall–Kier alpha value is -0.770. The molecule has 2 unspecified atom stereocenters. The van der Waals surface area contributed by atoms with E-state index in [0.29, 0.717) is 12.0 Å². The maximum atomic E-state index is 12.0. The molecule has 0 spiro atoms. The summed E-state index contributed by atoms with van der Waals surface area (Å²) in [6, 6.07) is 0.508. The van der Waals surface area contributed by atoms with E-state index in [0.717, 1.165) is 25.9 Å². The van der Waals surface area contributed by atoms with Crippen molar-refractivity contribution in [2.24, 2.45) is 5.92 Å². The van der Waals surface area contributed by atoms with Gasteiger partial charge in [-0.05, 0) is 59.9 Å². The number of hydrogen-bond donors (Lipinski definition) is 1. The zero-order valence-electron chi connectivity index (χ0n) is 12.5. The standard InChI is InChI=1S/C14H28N2O2/c1-11(15-5)9-12-7-6-8-16(10-12)13(17)18-14(2,3)4/h11-12,15H,6-10H2,1-5H3. The van der Waals surface area contributed by atoms with E-state index in [4.69, 9.17) is 4.74 Å². The molecule has 0 aromatic heterocycles. The molecule has 0 aliphatic carbocycles. The number of rotatable bonds is 3. The lowest BCUT2D eigenvalue weighted by atomic mass is 9.92. The van der Waals surface area contributed by atoms with Gasteiger partial charge in [-0.25, -0.2) is 4.79 Å². The largest absolute Gasteiger partial charge is 0.444 e. The van der Waals surface area contributed by atoms with Crippen LogP contribution in [-0.4, -0.2) is 42.8 Å². The van der Waals surface area contributed by atoms with Crippen LogP contribution in [0.2, 0.25) is 0 Å². The number of piperidine rings is 1. The Morgan fingerprint density at radius 2 is 2.17 bits per heavy atom. The van der Waals surface area contributed by atoms with Gasteiger partial charge in [-0.2, -0.15) is 0 Å². The Bertz CT molecular complexity index is 273. The molecule has 1 heterocycles. The molecule has 1 aliphatic heterocycles. The second kappa shape index (κ2) is 6.41. The van der Waals surface area contributed by atoms with Crippen molar-refractivity contribution in [3.63, 3.8) is 0 Å². The zero-order valence-corrected chi connectivity index (χ0v) is 12.5. The topological polar surface area (TPSA) is 41.6 Å². The highest BCUT2D eigenvalue weighted by Gasteiger charge is 2.27. The van der Waals surface area contributed by atoms with Crippen LogP contribution in [0.15, 0.2) is 0 Å². The molecule has 0 saturated carbocycles. The Kier molecular flexibility index (Phi) is 5.45. The number of nitrogens with one attached hydrogen (secondary N) is 1. The first-order chi connectivity index (χ1) is 8.31. The highest BCUT2D eigenvalue weighted by atomic mass is 16.6. The van der Waals surface area contributed by atoms with Crippen LogP contribution in [0.4, 0.5) is 4.79 Å². The first kappa shape index (κ1) is 15.3. The van der Waals surface area contributed by atoms with Crippen LogP contribution < -0.4 is 5.32 Å². The van der Waals surface area contributed by atoms with E-state index in [9.17, 15) is 4.79 Å². The molecule has 1 N–H and O–H groups in total. The van der Waals surface area contributed by atoms with Crippen molar-refractivity contribution in [2.45, 2.75) is 58.6 Å². The number of amides is 1. The minimum absolute atomic E-state index is 0.163. The molecule has 1 fully saturated rings. The predicted molar refractivity (Wildman–Crippen MR) is 73.7 cm³/mol. The van der Waals surface area contributed by atoms with E-state index in [1.54, 1.807) is 0 Å². The summed E-state index contributed by atoms with van der Waals surface area (Å²) in [4.78, 5) is 13.9. The van der Waals surface area contributed by atoms with Crippen molar-refractivity contribution < 1.29 is 9.53 Å². The minimum Gasteiger partial charge on any atom is -0.444 e. The van der Waals surface area contributed by atoms with Gasteiger partial charge in [-0.1, -0.05) is 0 Å². The van der Waals surface area contributed by atoms with Crippen LogP contribution in [0.1, 0.15) is 47.0 Å². The number of carbonyl (C=O) groups is 1. The fourth-order valence-electron chi connectivity index (χ4n) is 2.37. The lowest BCUT2D eigenvalue weighted by Crippen LogP contribution is -2.44. The smallest absolute Gasteiger partial charge is 0.410 e. The van der Waals surface area contributed by atoms with Crippen LogP contribution in [0.5, 0.6) is 0 Å². The lowest BCUT2D eigenvalue weighted by Gasteiger charge is -2.35. The summed E-state index contributed by atoms with van der Waals surface area (Å²) < 4.78 is 5.43. The van der Waals surface area contributed by atoms with Crippen LogP contribution in [0.3, 0.4) is 0 Å². The fourth-order valence-corrected chi connectivity index (χ4v) is 2.37. The molecule has 1 rings (SSSR count).